The second-order valence-electron chi connectivity index (χ2n) is 6.37. The standard InChI is InChI=1S/C15H19BrN2O.ClH/c1-14(2)12(18)15(3,4)13(14)19-10-6-5-9(8-17)11(16)7-10;/h5-7,12-13H,18H2,1-4H3;1H. The second kappa shape index (κ2) is 5.55. The van der Waals surface area contributed by atoms with Gasteiger partial charge in [0.05, 0.1) is 5.56 Å². The Labute approximate surface area is 135 Å². The van der Waals surface area contributed by atoms with E-state index in [0.29, 0.717) is 5.56 Å². The zero-order chi connectivity index (χ0) is 14.4. The fourth-order valence-corrected chi connectivity index (χ4v) is 3.69. The highest BCUT2D eigenvalue weighted by Crippen LogP contribution is 2.54. The summed E-state index contributed by atoms with van der Waals surface area (Å²) in [4.78, 5) is 0. The minimum absolute atomic E-state index is 0. The van der Waals surface area contributed by atoms with Crippen LogP contribution in [0.25, 0.3) is 0 Å². The molecule has 0 atom stereocenters. The summed E-state index contributed by atoms with van der Waals surface area (Å²) >= 11 is 3.38. The SMILES string of the molecule is CC1(C)C(N)C(C)(C)C1Oc1ccc(C#N)c(Br)c1.Cl. The molecule has 1 aromatic carbocycles. The Morgan fingerprint density at radius 3 is 2.25 bits per heavy atom. The summed E-state index contributed by atoms with van der Waals surface area (Å²) in [5.41, 5.74) is 6.73. The molecule has 0 spiro atoms. The highest BCUT2D eigenvalue weighted by atomic mass is 79.9. The molecule has 1 fully saturated rings. The summed E-state index contributed by atoms with van der Waals surface area (Å²) in [6, 6.07) is 7.67. The molecule has 0 amide bonds. The maximum absolute atomic E-state index is 8.91. The van der Waals surface area contributed by atoms with Crippen LogP contribution in [0.5, 0.6) is 5.75 Å². The van der Waals surface area contributed by atoms with Gasteiger partial charge < -0.3 is 10.5 Å². The number of rotatable bonds is 2. The number of halogens is 2. The van der Waals surface area contributed by atoms with Gasteiger partial charge in [-0.3, -0.25) is 0 Å². The number of hydrogen-bond donors (Lipinski definition) is 1. The van der Waals surface area contributed by atoms with Crippen LogP contribution in [-0.4, -0.2) is 12.1 Å². The fourth-order valence-electron chi connectivity index (χ4n) is 3.25. The first kappa shape index (κ1) is 17.3. The lowest BCUT2D eigenvalue weighted by atomic mass is 9.50. The lowest BCUT2D eigenvalue weighted by Crippen LogP contribution is -2.72. The second-order valence-corrected chi connectivity index (χ2v) is 7.23. The molecular weight excluding hydrogens is 340 g/mol. The Morgan fingerprint density at radius 2 is 1.80 bits per heavy atom. The van der Waals surface area contributed by atoms with Gasteiger partial charge in [-0.15, -0.1) is 12.4 Å². The van der Waals surface area contributed by atoms with Crippen molar-refractivity contribution >= 4 is 28.3 Å². The molecule has 1 saturated carbocycles. The topological polar surface area (TPSA) is 59.0 Å². The molecule has 2 N–H and O–H groups in total. The Bertz CT molecular complexity index is 535. The fraction of sp³-hybridized carbons (Fsp3) is 0.533. The number of benzene rings is 1. The van der Waals surface area contributed by atoms with E-state index in [0.717, 1.165) is 10.2 Å². The van der Waals surface area contributed by atoms with Crippen molar-refractivity contribution in [3.8, 4) is 11.8 Å². The van der Waals surface area contributed by atoms with Crippen LogP contribution in [0.4, 0.5) is 0 Å². The van der Waals surface area contributed by atoms with Crippen molar-refractivity contribution in [3.05, 3.63) is 28.2 Å². The normalized spacial score (nSPS) is 25.9. The largest absolute Gasteiger partial charge is 0.489 e. The minimum atomic E-state index is -0.0517. The van der Waals surface area contributed by atoms with E-state index in [-0.39, 0.29) is 35.4 Å². The monoisotopic (exact) mass is 358 g/mol. The Balaban J connectivity index is 0.00000200. The molecule has 1 aromatic rings. The Morgan fingerprint density at radius 1 is 1.25 bits per heavy atom. The van der Waals surface area contributed by atoms with E-state index < -0.39 is 0 Å². The van der Waals surface area contributed by atoms with E-state index in [9.17, 15) is 0 Å². The molecule has 0 saturated heterocycles. The maximum atomic E-state index is 8.91. The average Bonchev–Trinajstić information content (AvgIpc) is 2.34. The lowest BCUT2D eigenvalue weighted by molar-refractivity contribution is -0.155. The third-order valence-corrected chi connectivity index (χ3v) is 4.93. The van der Waals surface area contributed by atoms with Crippen LogP contribution in [0.1, 0.15) is 33.3 Å². The van der Waals surface area contributed by atoms with Crippen LogP contribution in [0.2, 0.25) is 0 Å². The van der Waals surface area contributed by atoms with Gasteiger partial charge in [0.25, 0.3) is 0 Å². The molecule has 5 heteroatoms. The molecule has 0 radical (unpaired) electrons. The minimum Gasteiger partial charge on any atom is -0.489 e. The molecule has 3 nitrogen and oxygen atoms in total. The van der Waals surface area contributed by atoms with Gasteiger partial charge in [-0.05, 0) is 34.1 Å². The van der Waals surface area contributed by atoms with Crippen molar-refractivity contribution in [2.45, 2.75) is 39.8 Å². The van der Waals surface area contributed by atoms with Gasteiger partial charge >= 0.3 is 0 Å². The molecular formula is C15H20BrClN2O. The first-order chi connectivity index (χ1) is 8.71. The Hall–Kier alpha value is -0.760. The van der Waals surface area contributed by atoms with Crippen molar-refractivity contribution < 1.29 is 4.74 Å². The van der Waals surface area contributed by atoms with Crippen molar-refractivity contribution in [2.75, 3.05) is 0 Å². The maximum Gasteiger partial charge on any atom is 0.120 e. The van der Waals surface area contributed by atoms with Gasteiger partial charge in [-0.25, -0.2) is 0 Å². The number of hydrogen-bond acceptors (Lipinski definition) is 3. The molecule has 1 aliphatic carbocycles. The van der Waals surface area contributed by atoms with Crippen molar-refractivity contribution in [3.63, 3.8) is 0 Å². The first-order valence-electron chi connectivity index (χ1n) is 6.33. The average molecular weight is 360 g/mol. The van der Waals surface area contributed by atoms with E-state index in [1.807, 2.05) is 12.1 Å². The lowest BCUT2D eigenvalue weighted by Gasteiger charge is -2.61. The Kier molecular flexibility index (Phi) is 4.80. The van der Waals surface area contributed by atoms with Crippen molar-refractivity contribution in [1.82, 2.24) is 0 Å². The smallest absolute Gasteiger partial charge is 0.120 e. The molecule has 2 rings (SSSR count). The highest BCUT2D eigenvalue weighted by Gasteiger charge is 2.61. The van der Waals surface area contributed by atoms with Gasteiger partial charge in [0.2, 0.25) is 0 Å². The van der Waals surface area contributed by atoms with Crippen LogP contribution >= 0.6 is 28.3 Å². The van der Waals surface area contributed by atoms with Gasteiger partial charge in [0.15, 0.2) is 0 Å². The predicted octanol–water partition coefficient (Wildman–Crippen LogP) is 3.88. The van der Waals surface area contributed by atoms with Gasteiger partial charge in [0.1, 0.15) is 17.9 Å². The molecule has 0 unspecified atom stereocenters. The van der Waals surface area contributed by atoms with E-state index in [1.54, 1.807) is 6.07 Å². The van der Waals surface area contributed by atoms with Crippen LogP contribution in [0.15, 0.2) is 22.7 Å². The number of ether oxygens (including phenoxy) is 1. The van der Waals surface area contributed by atoms with Gasteiger partial charge in [-0.1, -0.05) is 27.7 Å². The quantitative estimate of drug-likeness (QED) is 0.871. The van der Waals surface area contributed by atoms with Gasteiger partial charge in [0, 0.05) is 21.3 Å². The molecule has 0 heterocycles. The van der Waals surface area contributed by atoms with Gasteiger partial charge in [-0.2, -0.15) is 5.26 Å². The first-order valence-corrected chi connectivity index (χ1v) is 7.12. The van der Waals surface area contributed by atoms with E-state index in [1.165, 1.54) is 0 Å². The molecule has 110 valence electrons. The summed E-state index contributed by atoms with van der Waals surface area (Å²) in [6.07, 6.45) is 0.0647. The number of nitrogens with zero attached hydrogens (tertiary/aromatic N) is 1. The molecule has 0 aromatic heterocycles. The van der Waals surface area contributed by atoms with Crippen molar-refractivity contribution in [1.29, 1.82) is 5.26 Å². The summed E-state index contributed by atoms with van der Waals surface area (Å²) in [7, 11) is 0. The van der Waals surface area contributed by atoms with Crippen LogP contribution in [0.3, 0.4) is 0 Å². The van der Waals surface area contributed by atoms with Crippen LogP contribution in [-0.2, 0) is 0 Å². The third-order valence-electron chi connectivity index (χ3n) is 4.27. The summed E-state index contributed by atoms with van der Waals surface area (Å²) in [5, 5.41) is 8.91. The summed E-state index contributed by atoms with van der Waals surface area (Å²) < 4.78 is 6.87. The van der Waals surface area contributed by atoms with E-state index in [4.69, 9.17) is 15.7 Å². The molecule has 0 bridgehead atoms. The molecule has 0 aliphatic heterocycles. The summed E-state index contributed by atoms with van der Waals surface area (Å²) in [5.74, 6) is 0.768. The van der Waals surface area contributed by atoms with Crippen LogP contribution in [0, 0.1) is 22.2 Å². The van der Waals surface area contributed by atoms with Crippen LogP contribution < -0.4 is 10.5 Å². The molecule has 1 aliphatic rings. The highest BCUT2D eigenvalue weighted by molar-refractivity contribution is 9.10. The van der Waals surface area contributed by atoms with Crippen molar-refractivity contribution in [2.24, 2.45) is 16.6 Å². The number of nitriles is 1. The zero-order valence-electron chi connectivity index (χ0n) is 12.1. The zero-order valence-corrected chi connectivity index (χ0v) is 14.5. The summed E-state index contributed by atoms with van der Waals surface area (Å²) in [6.45, 7) is 8.52. The van der Waals surface area contributed by atoms with E-state index in [2.05, 4.69) is 49.7 Å². The molecule has 20 heavy (non-hydrogen) atoms. The predicted molar refractivity (Wildman–Crippen MR) is 86.1 cm³/mol. The van der Waals surface area contributed by atoms with E-state index >= 15 is 0 Å². The number of nitrogens with two attached hydrogens (primary N) is 1. The third kappa shape index (κ3) is 2.55.